The number of rotatable bonds is 5. The van der Waals surface area contributed by atoms with Crippen LogP contribution in [0.1, 0.15) is 11.1 Å². The van der Waals surface area contributed by atoms with Gasteiger partial charge in [-0.25, -0.2) is 9.38 Å². The Morgan fingerprint density at radius 1 is 0.857 bits per heavy atom. The number of hydrogen-bond acceptors (Lipinski definition) is 2. The summed E-state index contributed by atoms with van der Waals surface area (Å²) in [5.74, 6) is -0.334. The van der Waals surface area contributed by atoms with Gasteiger partial charge in [0.05, 0.1) is 17.0 Å². The molecule has 0 N–H and O–H groups in total. The number of para-hydroxylation sites is 1. The highest BCUT2D eigenvalue weighted by Crippen LogP contribution is 2.29. The Kier molecular flexibility index (Phi) is 6.31. The number of alkyl halides is 3. The van der Waals surface area contributed by atoms with E-state index in [1.807, 2.05) is 18.2 Å². The highest BCUT2D eigenvalue weighted by Gasteiger charge is 2.30. The molecule has 6 heteroatoms. The van der Waals surface area contributed by atoms with E-state index in [1.165, 1.54) is 36.0 Å². The first-order chi connectivity index (χ1) is 13.4. The molecule has 0 saturated heterocycles. The lowest BCUT2D eigenvalue weighted by molar-refractivity contribution is -0.137. The maximum absolute atomic E-state index is 13.3. The average molecular weight is 401 g/mol. The predicted molar refractivity (Wildman–Crippen MR) is 105 cm³/mol. The van der Waals surface area contributed by atoms with Gasteiger partial charge in [-0.1, -0.05) is 48.2 Å². The monoisotopic (exact) mass is 401 g/mol. The van der Waals surface area contributed by atoms with Crippen molar-refractivity contribution >= 4 is 23.2 Å². The van der Waals surface area contributed by atoms with Crippen LogP contribution in [0, 0.1) is 5.82 Å². The summed E-state index contributed by atoms with van der Waals surface area (Å²) in [5.41, 5.74) is 1.02. The fourth-order valence-electron chi connectivity index (χ4n) is 2.39. The van der Waals surface area contributed by atoms with Crippen LogP contribution in [0.5, 0.6) is 0 Å². The van der Waals surface area contributed by atoms with Gasteiger partial charge in [0.1, 0.15) is 5.82 Å². The lowest BCUT2D eigenvalue weighted by Gasteiger charge is -2.08. The van der Waals surface area contributed by atoms with Crippen molar-refractivity contribution in [2.24, 2.45) is 4.99 Å². The first kappa shape index (κ1) is 19.9. The molecule has 3 aromatic carbocycles. The summed E-state index contributed by atoms with van der Waals surface area (Å²) < 4.78 is 51.7. The molecule has 1 nitrogen and oxygen atoms in total. The Bertz CT molecular complexity index is 977. The van der Waals surface area contributed by atoms with Crippen molar-refractivity contribution in [3.8, 4) is 0 Å². The summed E-state index contributed by atoms with van der Waals surface area (Å²) in [4.78, 5) is 5.24. The average Bonchev–Trinajstić information content (AvgIpc) is 2.67. The lowest BCUT2D eigenvalue weighted by atomic mass is 10.1. The molecule has 0 atom stereocenters. The third-order valence-corrected chi connectivity index (χ3v) is 4.54. The standard InChI is InChI=1S/C22H15F4NS/c23-18-5-4-8-20(15-18)28-14-13-21(27-19-6-2-1-3-7-19)16-9-11-17(12-10-16)22(24,25)26/h1-15H. The molecule has 28 heavy (non-hydrogen) atoms. The van der Waals surface area contributed by atoms with Gasteiger partial charge >= 0.3 is 6.18 Å². The fourth-order valence-corrected chi connectivity index (χ4v) is 3.08. The zero-order valence-electron chi connectivity index (χ0n) is 14.5. The summed E-state index contributed by atoms with van der Waals surface area (Å²) in [7, 11) is 0. The van der Waals surface area contributed by atoms with Crippen LogP contribution in [0.25, 0.3) is 0 Å². The van der Waals surface area contributed by atoms with Crippen molar-refractivity contribution in [2.45, 2.75) is 11.1 Å². The van der Waals surface area contributed by atoms with Crippen molar-refractivity contribution in [1.29, 1.82) is 0 Å². The van der Waals surface area contributed by atoms with E-state index in [2.05, 4.69) is 4.99 Å². The van der Waals surface area contributed by atoms with Crippen molar-refractivity contribution in [3.63, 3.8) is 0 Å². The molecule has 0 radical (unpaired) electrons. The topological polar surface area (TPSA) is 12.4 Å². The number of hydrogen-bond donors (Lipinski definition) is 0. The van der Waals surface area contributed by atoms with Gasteiger partial charge in [-0.15, -0.1) is 0 Å². The van der Waals surface area contributed by atoms with Gasteiger partial charge < -0.3 is 0 Å². The Hall–Kier alpha value is -2.86. The molecule has 0 heterocycles. The molecule has 0 fully saturated rings. The summed E-state index contributed by atoms with van der Waals surface area (Å²) in [5, 5.41) is 1.73. The second-order valence-electron chi connectivity index (χ2n) is 5.79. The molecule has 0 aliphatic heterocycles. The Morgan fingerprint density at radius 2 is 1.57 bits per heavy atom. The first-order valence-electron chi connectivity index (χ1n) is 8.32. The van der Waals surface area contributed by atoms with Crippen LogP contribution in [0.15, 0.2) is 100 Å². The minimum absolute atomic E-state index is 0.334. The molecule has 3 rings (SSSR count). The van der Waals surface area contributed by atoms with Crippen LogP contribution < -0.4 is 0 Å². The SMILES string of the molecule is Fc1cccc(SC=CC(=Nc2ccccc2)c2ccc(C(F)(F)F)cc2)c1. The van der Waals surface area contributed by atoms with Gasteiger partial charge in [0.25, 0.3) is 0 Å². The van der Waals surface area contributed by atoms with Crippen LogP contribution in [0.3, 0.4) is 0 Å². The Morgan fingerprint density at radius 3 is 2.21 bits per heavy atom. The summed E-state index contributed by atoms with van der Waals surface area (Å²) >= 11 is 1.29. The Labute approximate surface area is 164 Å². The number of allylic oxidation sites excluding steroid dienone is 1. The van der Waals surface area contributed by atoms with E-state index in [4.69, 9.17) is 0 Å². The Balaban J connectivity index is 1.89. The van der Waals surface area contributed by atoms with Crippen LogP contribution in [-0.2, 0) is 6.18 Å². The quantitative estimate of drug-likeness (QED) is 0.249. The van der Waals surface area contributed by atoms with Gasteiger partial charge in [-0.2, -0.15) is 13.2 Å². The third kappa shape index (κ3) is 5.57. The van der Waals surface area contributed by atoms with Crippen molar-refractivity contribution in [2.75, 3.05) is 0 Å². The largest absolute Gasteiger partial charge is 0.416 e. The molecular weight excluding hydrogens is 386 g/mol. The van der Waals surface area contributed by atoms with Crippen molar-refractivity contribution in [1.82, 2.24) is 0 Å². The van der Waals surface area contributed by atoms with E-state index in [0.29, 0.717) is 21.9 Å². The van der Waals surface area contributed by atoms with E-state index < -0.39 is 11.7 Å². The third-order valence-electron chi connectivity index (χ3n) is 3.74. The molecule has 142 valence electrons. The van der Waals surface area contributed by atoms with Gasteiger partial charge in [0.15, 0.2) is 0 Å². The van der Waals surface area contributed by atoms with E-state index >= 15 is 0 Å². The molecule has 0 aliphatic rings. The normalized spacial score (nSPS) is 12.5. The summed E-state index contributed by atoms with van der Waals surface area (Å²) in [6, 6.07) is 20.1. The van der Waals surface area contributed by atoms with E-state index in [0.717, 1.165) is 12.1 Å². The van der Waals surface area contributed by atoms with Crippen molar-refractivity contribution in [3.05, 3.63) is 107 Å². The molecule has 0 unspecified atom stereocenters. The minimum Gasteiger partial charge on any atom is -0.248 e. The molecule has 0 saturated carbocycles. The summed E-state index contributed by atoms with van der Waals surface area (Å²) in [6.07, 6.45) is -2.69. The number of thioether (sulfide) groups is 1. The summed E-state index contributed by atoms with van der Waals surface area (Å²) in [6.45, 7) is 0. The zero-order chi connectivity index (χ0) is 20.0. The van der Waals surface area contributed by atoms with E-state index in [-0.39, 0.29) is 5.82 Å². The van der Waals surface area contributed by atoms with Crippen LogP contribution in [0.2, 0.25) is 0 Å². The second-order valence-corrected chi connectivity index (χ2v) is 6.76. The maximum atomic E-state index is 13.3. The molecule has 0 aromatic heterocycles. The van der Waals surface area contributed by atoms with Gasteiger partial charge in [0.2, 0.25) is 0 Å². The number of nitrogens with zero attached hydrogens (tertiary/aromatic N) is 1. The molecule has 0 spiro atoms. The van der Waals surface area contributed by atoms with Crippen molar-refractivity contribution < 1.29 is 17.6 Å². The van der Waals surface area contributed by atoms with Crippen LogP contribution in [0.4, 0.5) is 23.2 Å². The maximum Gasteiger partial charge on any atom is 0.416 e. The highest BCUT2D eigenvalue weighted by molar-refractivity contribution is 8.02. The van der Waals surface area contributed by atoms with E-state index in [1.54, 1.807) is 35.7 Å². The smallest absolute Gasteiger partial charge is 0.248 e. The van der Waals surface area contributed by atoms with Gasteiger partial charge in [-0.05, 0) is 53.9 Å². The van der Waals surface area contributed by atoms with Crippen LogP contribution in [-0.4, -0.2) is 5.71 Å². The van der Waals surface area contributed by atoms with E-state index in [9.17, 15) is 17.6 Å². The van der Waals surface area contributed by atoms with Crippen LogP contribution >= 0.6 is 11.8 Å². The molecule has 0 bridgehead atoms. The highest BCUT2D eigenvalue weighted by atomic mass is 32.2. The lowest BCUT2D eigenvalue weighted by Crippen LogP contribution is -2.05. The molecular formula is C22H15F4NS. The molecule has 0 aliphatic carbocycles. The predicted octanol–water partition coefficient (Wildman–Crippen LogP) is 7.27. The molecule has 0 amide bonds. The van der Waals surface area contributed by atoms with Gasteiger partial charge in [0, 0.05) is 10.5 Å². The second kappa shape index (κ2) is 8.89. The minimum atomic E-state index is -4.39. The fraction of sp³-hybridized carbons (Fsp3) is 0.0455. The zero-order valence-corrected chi connectivity index (χ0v) is 15.3. The van der Waals surface area contributed by atoms with Gasteiger partial charge in [-0.3, -0.25) is 0 Å². The number of halogens is 4. The molecule has 3 aromatic rings. The first-order valence-corrected chi connectivity index (χ1v) is 9.20. The number of benzene rings is 3. The number of aliphatic imine (C=N–C) groups is 1.